The van der Waals surface area contributed by atoms with Crippen LogP contribution >= 0.6 is 0 Å². The van der Waals surface area contributed by atoms with E-state index in [1.807, 2.05) is 19.1 Å². The molecule has 1 heterocycles. The molecule has 0 radical (unpaired) electrons. The average molecular weight is 427 g/mol. The van der Waals surface area contributed by atoms with E-state index in [0.717, 1.165) is 5.56 Å². The molecule has 2 N–H and O–H groups in total. The Labute approximate surface area is 183 Å². The molecule has 4 rings (SSSR count). The zero-order chi connectivity index (χ0) is 22.8. The number of hydrogen-bond donors (Lipinski definition) is 1. The molecule has 3 aromatic carbocycles. The molecule has 0 saturated heterocycles. The summed E-state index contributed by atoms with van der Waals surface area (Å²) in [4.78, 5) is 23.0. The Kier molecular flexibility index (Phi) is 5.31. The molecule has 0 fully saturated rings. The lowest BCUT2D eigenvalue weighted by molar-refractivity contribution is -0.384. The number of ether oxygens (including phenoxy) is 2. The highest BCUT2D eigenvalue weighted by Crippen LogP contribution is 2.43. The molecule has 158 valence electrons. The Balaban J connectivity index is 1.70. The summed E-state index contributed by atoms with van der Waals surface area (Å²) in [6.07, 6.45) is 0. The summed E-state index contributed by atoms with van der Waals surface area (Å²) in [5.74, 6) is -0.573. The van der Waals surface area contributed by atoms with Crippen molar-refractivity contribution in [2.24, 2.45) is 5.73 Å². The number of esters is 1. The van der Waals surface area contributed by atoms with Crippen LogP contribution in [-0.4, -0.2) is 10.9 Å². The maximum Gasteiger partial charge on any atom is 0.343 e. The van der Waals surface area contributed by atoms with Crippen LogP contribution in [0.5, 0.6) is 11.5 Å². The van der Waals surface area contributed by atoms with Gasteiger partial charge in [-0.1, -0.05) is 36.4 Å². The van der Waals surface area contributed by atoms with Gasteiger partial charge in [0.25, 0.3) is 5.69 Å². The molecule has 0 aromatic heterocycles. The molecule has 0 bridgehead atoms. The smallest absolute Gasteiger partial charge is 0.343 e. The largest absolute Gasteiger partial charge is 0.440 e. The predicted molar refractivity (Wildman–Crippen MR) is 115 cm³/mol. The van der Waals surface area contributed by atoms with Gasteiger partial charge in [-0.25, -0.2) is 4.79 Å². The van der Waals surface area contributed by atoms with Gasteiger partial charge in [-0.2, -0.15) is 5.26 Å². The number of allylic oxidation sites excluding steroid dienone is 1. The maximum atomic E-state index is 12.5. The Morgan fingerprint density at radius 1 is 1.16 bits per heavy atom. The van der Waals surface area contributed by atoms with Crippen LogP contribution in [-0.2, 0) is 0 Å². The fraction of sp³-hybridized carbons (Fsp3) is 0.0833. The monoisotopic (exact) mass is 427 g/mol. The van der Waals surface area contributed by atoms with Gasteiger partial charge < -0.3 is 15.2 Å². The lowest BCUT2D eigenvalue weighted by Gasteiger charge is -2.26. The fourth-order valence-corrected chi connectivity index (χ4v) is 3.59. The molecule has 1 aliphatic rings. The van der Waals surface area contributed by atoms with E-state index < -0.39 is 16.8 Å². The summed E-state index contributed by atoms with van der Waals surface area (Å²) in [7, 11) is 0. The van der Waals surface area contributed by atoms with Crippen LogP contribution < -0.4 is 15.2 Å². The van der Waals surface area contributed by atoms with Crippen molar-refractivity contribution >= 4 is 11.7 Å². The predicted octanol–water partition coefficient (Wildman–Crippen LogP) is 4.34. The summed E-state index contributed by atoms with van der Waals surface area (Å²) in [5.41, 5.74) is 8.62. The van der Waals surface area contributed by atoms with E-state index in [1.165, 1.54) is 18.2 Å². The normalized spacial score (nSPS) is 14.7. The summed E-state index contributed by atoms with van der Waals surface area (Å²) in [6.45, 7) is 1.82. The van der Waals surface area contributed by atoms with Gasteiger partial charge in [0, 0.05) is 23.8 Å². The Hall–Kier alpha value is -4.64. The standard InChI is InChI=1S/C24H17N3O5/c1-14-4-2-3-5-18(14)24(28)31-17-10-11-19-21(12-17)32-23(26)20(13-25)22(19)15-6-8-16(9-7-15)27(29)30/h2-12,22H,26H2,1H3. The van der Waals surface area contributed by atoms with Crippen molar-refractivity contribution < 1.29 is 19.2 Å². The number of fused-ring (bicyclic) bond motifs is 1. The minimum Gasteiger partial charge on any atom is -0.440 e. The van der Waals surface area contributed by atoms with Crippen LogP contribution in [0, 0.1) is 28.4 Å². The zero-order valence-electron chi connectivity index (χ0n) is 16.9. The molecular formula is C24H17N3O5. The first-order valence-electron chi connectivity index (χ1n) is 9.62. The molecule has 8 nitrogen and oxygen atoms in total. The van der Waals surface area contributed by atoms with Crippen LogP contribution in [0.2, 0.25) is 0 Å². The zero-order valence-corrected chi connectivity index (χ0v) is 16.9. The summed E-state index contributed by atoms with van der Waals surface area (Å²) in [6, 6.07) is 19.9. The van der Waals surface area contributed by atoms with E-state index in [2.05, 4.69) is 6.07 Å². The van der Waals surface area contributed by atoms with Crippen molar-refractivity contribution in [1.82, 2.24) is 0 Å². The van der Waals surface area contributed by atoms with Crippen molar-refractivity contribution in [3.05, 3.63) is 111 Å². The van der Waals surface area contributed by atoms with E-state index in [1.54, 1.807) is 36.4 Å². The lowest BCUT2D eigenvalue weighted by Crippen LogP contribution is -2.21. The van der Waals surface area contributed by atoms with E-state index in [0.29, 0.717) is 22.4 Å². The number of carbonyl (C=O) groups excluding carboxylic acids is 1. The van der Waals surface area contributed by atoms with Crippen LogP contribution in [0.3, 0.4) is 0 Å². The van der Waals surface area contributed by atoms with Gasteiger partial charge in [0.15, 0.2) is 0 Å². The molecule has 0 spiro atoms. The molecule has 8 heteroatoms. The molecule has 3 aromatic rings. The first kappa shape index (κ1) is 20.6. The molecule has 32 heavy (non-hydrogen) atoms. The molecule has 1 aliphatic heterocycles. The van der Waals surface area contributed by atoms with Crippen molar-refractivity contribution in [2.75, 3.05) is 0 Å². The summed E-state index contributed by atoms with van der Waals surface area (Å²) >= 11 is 0. The number of carbonyl (C=O) groups is 1. The number of non-ortho nitro benzene ring substituents is 1. The maximum absolute atomic E-state index is 12.5. The molecule has 1 unspecified atom stereocenters. The Bertz CT molecular complexity index is 1310. The first-order chi connectivity index (χ1) is 15.4. The number of nitrogens with zero attached hydrogens (tertiary/aromatic N) is 2. The highest BCUT2D eigenvalue weighted by Gasteiger charge is 2.31. The second-order valence-electron chi connectivity index (χ2n) is 7.18. The summed E-state index contributed by atoms with van der Waals surface area (Å²) < 4.78 is 11.1. The SMILES string of the molecule is Cc1ccccc1C(=O)Oc1ccc2c(c1)OC(N)=C(C#N)C2c1ccc([N+](=O)[O-])cc1. The molecule has 1 atom stereocenters. The van der Waals surface area contributed by atoms with Crippen molar-refractivity contribution in [3.8, 4) is 17.6 Å². The van der Waals surface area contributed by atoms with Crippen LogP contribution in [0.25, 0.3) is 0 Å². The number of nitriles is 1. The second-order valence-corrected chi connectivity index (χ2v) is 7.18. The number of aryl methyl sites for hydroxylation is 1. The van der Waals surface area contributed by atoms with Gasteiger partial charge >= 0.3 is 5.97 Å². The number of rotatable bonds is 4. The molecule has 0 saturated carbocycles. The highest BCUT2D eigenvalue weighted by molar-refractivity contribution is 5.92. The van der Waals surface area contributed by atoms with E-state index in [4.69, 9.17) is 15.2 Å². The minimum absolute atomic E-state index is 0.0602. The molecular weight excluding hydrogens is 410 g/mol. The van der Waals surface area contributed by atoms with Crippen molar-refractivity contribution in [1.29, 1.82) is 5.26 Å². The number of nitro benzene ring substituents is 1. The van der Waals surface area contributed by atoms with Gasteiger partial charge in [-0.05, 0) is 30.2 Å². The quantitative estimate of drug-likeness (QED) is 0.284. The average Bonchev–Trinajstić information content (AvgIpc) is 2.78. The number of hydrogen-bond acceptors (Lipinski definition) is 7. The van der Waals surface area contributed by atoms with Crippen molar-refractivity contribution in [3.63, 3.8) is 0 Å². The third-order valence-corrected chi connectivity index (χ3v) is 5.20. The minimum atomic E-state index is -0.578. The van der Waals surface area contributed by atoms with Crippen LogP contribution in [0.15, 0.2) is 78.2 Å². The third-order valence-electron chi connectivity index (χ3n) is 5.20. The number of nitro groups is 1. The fourth-order valence-electron chi connectivity index (χ4n) is 3.59. The van der Waals surface area contributed by atoms with Crippen LogP contribution in [0.1, 0.15) is 33.0 Å². The lowest BCUT2D eigenvalue weighted by atomic mass is 9.83. The molecule has 0 amide bonds. The second kappa shape index (κ2) is 8.24. The van der Waals surface area contributed by atoms with Crippen molar-refractivity contribution in [2.45, 2.75) is 12.8 Å². The van der Waals surface area contributed by atoms with Gasteiger partial charge in [-0.3, -0.25) is 10.1 Å². The van der Waals surface area contributed by atoms with E-state index in [9.17, 15) is 20.2 Å². The third kappa shape index (κ3) is 3.75. The summed E-state index contributed by atoms with van der Waals surface area (Å²) in [5, 5.41) is 20.6. The number of nitrogens with two attached hydrogens (primary N) is 1. The first-order valence-corrected chi connectivity index (χ1v) is 9.62. The topological polar surface area (TPSA) is 128 Å². The molecule has 0 aliphatic carbocycles. The van der Waals surface area contributed by atoms with Gasteiger partial charge in [0.05, 0.1) is 16.4 Å². The van der Waals surface area contributed by atoms with Gasteiger partial charge in [-0.15, -0.1) is 0 Å². The van der Waals surface area contributed by atoms with Crippen LogP contribution in [0.4, 0.5) is 5.69 Å². The highest BCUT2D eigenvalue weighted by atomic mass is 16.6. The van der Waals surface area contributed by atoms with E-state index >= 15 is 0 Å². The van der Waals surface area contributed by atoms with Gasteiger partial charge in [0.2, 0.25) is 5.88 Å². The Morgan fingerprint density at radius 3 is 2.53 bits per heavy atom. The number of benzene rings is 3. The van der Waals surface area contributed by atoms with Gasteiger partial charge in [0.1, 0.15) is 23.1 Å². The Morgan fingerprint density at radius 2 is 1.88 bits per heavy atom. The van der Waals surface area contributed by atoms with E-state index in [-0.39, 0.29) is 22.9 Å².